The third-order valence-corrected chi connectivity index (χ3v) is 3.70. The van der Waals surface area contributed by atoms with Gasteiger partial charge in [0, 0.05) is 25.7 Å². The molecule has 0 radical (unpaired) electrons. The van der Waals surface area contributed by atoms with Crippen molar-refractivity contribution in [1.82, 2.24) is 15.5 Å². The van der Waals surface area contributed by atoms with Gasteiger partial charge in [-0.05, 0) is 26.3 Å². The lowest BCUT2D eigenvalue weighted by atomic mass is 9.96. The number of likely N-dealkylation sites (N-methyl/N-ethyl adjacent to an activating group) is 1. The lowest BCUT2D eigenvalue weighted by Crippen LogP contribution is -2.44. The fourth-order valence-electron chi connectivity index (χ4n) is 1.75. The number of carboxylic acid groups (broad SMARTS) is 1. The summed E-state index contributed by atoms with van der Waals surface area (Å²) in [5.41, 5.74) is 0. The van der Waals surface area contributed by atoms with Gasteiger partial charge in [0.1, 0.15) is 0 Å². The summed E-state index contributed by atoms with van der Waals surface area (Å²) in [4.78, 5) is 24.7. The Balaban J connectivity index is 3.92. The van der Waals surface area contributed by atoms with Crippen molar-refractivity contribution in [2.45, 2.75) is 40.2 Å². The molecule has 3 N–H and O–H groups in total. The molecule has 0 aromatic heterocycles. The molecule has 0 aliphatic rings. The summed E-state index contributed by atoms with van der Waals surface area (Å²) in [5.74, 6) is -1.44. The lowest BCUT2D eigenvalue weighted by Gasteiger charge is -2.23. The monoisotopic (exact) mass is 287 g/mol. The van der Waals surface area contributed by atoms with Crippen LogP contribution in [0.5, 0.6) is 0 Å². The van der Waals surface area contributed by atoms with Crippen molar-refractivity contribution in [2.24, 2.45) is 11.8 Å². The normalized spacial score (nSPS) is 14.2. The van der Waals surface area contributed by atoms with E-state index in [4.69, 9.17) is 5.11 Å². The summed E-state index contributed by atoms with van der Waals surface area (Å²) < 4.78 is 0. The molecule has 118 valence electrons. The highest BCUT2D eigenvalue weighted by Crippen LogP contribution is 2.09. The van der Waals surface area contributed by atoms with Crippen LogP contribution in [-0.4, -0.2) is 54.7 Å². The maximum Gasteiger partial charge on any atom is 0.314 e. The number of nitrogens with zero attached hydrogens (tertiary/aromatic N) is 1. The molecular formula is C14H29N3O3. The van der Waals surface area contributed by atoms with Gasteiger partial charge < -0.3 is 20.6 Å². The van der Waals surface area contributed by atoms with Gasteiger partial charge in [0.2, 0.25) is 0 Å². The highest BCUT2D eigenvalue weighted by atomic mass is 16.4. The van der Waals surface area contributed by atoms with E-state index in [1.165, 1.54) is 0 Å². The summed E-state index contributed by atoms with van der Waals surface area (Å²) in [7, 11) is 2.02. The van der Waals surface area contributed by atoms with Crippen molar-refractivity contribution in [3.05, 3.63) is 0 Å². The minimum Gasteiger partial charge on any atom is -0.481 e. The Labute approximate surface area is 121 Å². The number of hydrogen-bond donors (Lipinski definition) is 3. The summed E-state index contributed by atoms with van der Waals surface area (Å²) in [5, 5.41) is 14.4. The highest BCUT2D eigenvalue weighted by molar-refractivity contribution is 5.75. The average Bonchev–Trinajstić information content (AvgIpc) is 2.36. The second kappa shape index (κ2) is 9.58. The zero-order chi connectivity index (χ0) is 15.7. The SMILES string of the molecule is CCC(C)N(C)CCNC(=O)NCC(C(=O)O)C(C)C. The van der Waals surface area contributed by atoms with Crippen LogP contribution in [0, 0.1) is 11.8 Å². The Bertz CT molecular complexity index is 308. The lowest BCUT2D eigenvalue weighted by molar-refractivity contribution is -0.142. The van der Waals surface area contributed by atoms with Gasteiger partial charge in [0.25, 0.3) is 0 Å². The Morgan fingerprint density at radius 3 is 2.25 bits per heavy atom. The van der Waals surface area contributed by atoms with Crippen LogP contribution >= 0.6 is 0 Å². The van der Waals surface area contributed by atoms with Crippen molar-refractivity contribution in [3.63, 3.8) is 0 Å². The number of carboxylic acids is 1. The quantitative estimate of drug-likeness (QED) is 0.598. The van der Waals surface area contributed by atoms with Gasteiger partial charge in [0.15, 0.2) is 0 Å². The molecule has 0 bridgehead atoms. The van der Waals surface area contributed by atoms with E-state index in [9.17, 15) is 9.59 Å². The zero-order valence-corrected chi connectivity index (χ0v) is 13.3. The first kappa shape index (κ1) is 18.7. The molecular weight excluding hydrogens is 258 g/mol. The number of amides is 2. The molecule has 2 atom stereocenters. The average molecular weight is 287 g/mol. The van der Waals surface area contributed by atoms with Crippen molar-refractivity contribution in [2.75, 3.05) is 26.7 Å². The van der Waals surface area contributed by atoms with Gasteiger partial charge in [-0.1, -0.05) is 20.8 Å². The molecule has 0 spiro atoms. The number of hydrogen-bond acceptors (Lipinski definition) is 3. The van der Waals surface area contributed by atoms with Gasteiger partial charge in [-0.2, -0.15) is 0 Å². The van der Waals surface area contributed by atoms with Crippen LogP contribution in [-0.2, 0) is 4.79 Å². The molecule has 2 unspecified atom stereocenters. The van der Waals surface area contributed by atoms with E-state index in [-0.39, 0.29) is 18.5 Å². The van der Waals surface area contributed by atoms with Crippen LogP contribution in [0.25, 0.3) is 0 Å². The molecule has 0 aromatic rings. The molecule has 0 saturated carbocycles. The molecule has 0 fully saturated rings. The van der Waals surface area contributed by atoms with Crippen LogP contribution in [0.2, 0.25) is 0 Å². The van der Waals surface area contributed by atoms with Crippen molar-refractivity contribution in [3.8, 4) is 0 Å². The van der Waals surface area contributed by atoms with Crippen LogP contribution in [0.15, 0.2) is 0 Å². The maximum atomic E-state index is 11.6. The molecule has 0 aromatic carbocycles. The first-order chi connectivity index (χ1) is 9.29. The summed E-state index contributed by atoms with van der Waals surface area (Å²) in [6, 6.07) is 0.173. The second-order valence-electron chi connectivity index (χ2n) is 5.56. The molecule has 2 amide bonds. The van der Waals surface area contributed by atoms with Gasteiger partial charge in [-0.3, -0.25) is 4.79 Å². The second-order valence-corrected chi connectivity index (χ2v) is 5.56. The smallest absolute Gasteiger partial charge is 0.314 e. The van der Waals surface area contributed by atoms with E-state index in [1.54, 1.807) is 0 Å². The van der Waals surface area contributed by atoms with Crippen LogP contribution in [0.3, 0.4) is 0 Å². The summed E-state index contributed by atoms with van der Waals surface area (Å²) >= 11 is 0. The number of nitrogens with one attached hydrogen (secondary N) is 2. The van der Waals surface area contributed by atoms with Crippen LogP contribution < -0.4 is 10.6 Å². The molecule has 6 heteroatoms. The number of aliphatic carboxylic acids is 1. The number of carbonyl (C=O) groups is 2. The van der Waals surface area contributed by atoms with Gasteiger partial charge in [-0.15, -0.1) is 0 Å². The van der Waals surface area contributed by atoms with Crippen molar-refractivity contribution >= 4 is 12.0 Å². The topological polar surface area (TPSA) is 81.7 Å². The third-order valence-electron chi connectivity index (χ3n) is 3.70. The maximum absolute atomic E-state index is 11.6. The summed E-state index contributed by atoms with van der Waals surface area (Å²) in [6.45, 7) is 9.40. The zero-order valence-electron chi connectivity index (χ0n) is 13.3. The fourth-order valence-corrected chi connectivity index (χ4v) is 1.75. The minimum absolute atomic E-state index is 0.00987. The Hall–Kier alpha value is -1.30. The van der Waals surface area contributed by atoms with E-state index >= 15 is 0 Å². The fraction of sp³-hybridized carbons (Fsp3) is 0.857. The number of rotatable bonds is 9. The molecule has 6 nitrogen and oxygen atoms in total. The molecule has 20 heavy (non-hydrogen) atoms. The number of urea groups is 1. The first-order valence-corrected chi connectivity index (χ1v) is 7.24. The van der Waals surface area contributed by atoms with Gasteiger partial charge in [-0.25, -0.2) is 4.79 Å². The number of carbonyl (C=O) groups excluding carboxylic acids is 1. The Morgan fingerprint density at radius 1 is 1.20 bits per heavy atom. The largest absolute Gasteiger partial charge is 0.481 e. The van der Waals surface area contributed by atoms with Crippen LogP contribution in [0.1, 0.15) is 34.1 Å². The van der Waals surface area contributed by atoms with Crippen LogP contribution in [0.4, 0.5) is 4.79 Å². The first-order valence-electron chi connectivity index (χ1n) is 7.24. The Kier molecular flexibility index (Phi) is 8.96. The molecule has 0 rings (SSSR count). The van der Waals surface area contributed by atoms with E-state index < -0.39 is 11.9 Å². The molecule has 0 aliphatic heterocycles. The van der Waals surface area contributed by atoms with Gasteiger partial charge in [0.05, 0.1) is 5.92 Å². The van der Waals surface area contributed by atoms with Gasteiger partial charge >= 0.3 is 12.0 Å². The van der Waals surface area contributed by atoms with Crippen molar-refractivity contribution < 1.29 is 14.7 Å². The third kappa shape index (κ3) is 7.33. The van der Waals surface area contributed by atoms with E-state index in [1.807, 2.05) is 20.9 Å². The van der Waals surface area contributed by atoms with E-state index in [0.29, 0.717) is 12.6 Å². The Morgan fingerprint density at radius 2 is 1.80 bits per heavy atom. The van der Waals surface area contributed by atoms with E-state index in [2.05, 4.69) is 29.4 Å². The summed E-state index contributed by atoms with van der Waals surface area (Å²) in [6.07, 6.45) is 1.07. The standard InChI is InChI=1S/C14H29N3O3/c1-6-11(4)17(5)8-7-15-14(20)16-9-12(10(2)3)13(18)19/h10-12H,6-9H2,1-5H3,(H,18,19)(H2,15,16,20). The van der Waals surface area contributed by atoms with Crippen molar-refractivity contribution in [1.29, 1.82) is 0 Å². The minimum atomic E-state index is -0.878. The molecule has 0 saturated heterocycles. The predicted molar refractivity (Wildman–Crippen MR) is 79.7 cm³/mol. The highest BCUT2D eigenvalue weighted by Gasteiger charge is 2.21. The predicted octanol–water partition coefficient (Wildman–Crippen LogP) is 1.37. The molecule has 0 heterocycles. The molecule has 0 aliphatic carbocycles. The van der Waals surface area contributed by atoms with E-state index in [0.717, 1.165) is 13.0 Å².